The van der Waals surface area contributed by atoms with Crippen molar-refractivity contribution in [1.29, 1.82) is 0 Å². The van der Waals surface area contributed by atoms with Gasteiger partial charge in [-0.05, 0) is 49.2 Å². The van der Waals surface area contributed by atoms with E-state index in [-0.39, 0.29) is 0 Å². The molecule has 1 fully saturated rings. The number of likely N-dealkylation sites (tertiary alicyclic amines) is 1. The van der Waals surface area contributed by atoms with Crippen LogP contribution in [0.2, 0.25) is 0 Å². The molecule has 0 amide bonds. The molecule has 0 bridgehead atoms. The second-order valence-electron chi connectivity index (χ2n) is 7.30. The Kier molecular flexibility index (Phi) is 6.27. The lowest BCUT2D eigenvalue weighted by atomic mass is 10.0. The molecule has 1 saturated heterocycles. The average molecular weight is 425 g/mol. The zero-order valence-corrected chi connectivity index (χ0v) is 18.3. The first-order chi connectivity index (χ1) is 15.2. The van der Waals surface area contributed by atoms with Crippen LogP contribution in [0.4, 0.5) is 0 Å². The van der Waals surface area contributed by atoms with Crippen molar-refractivity contribution in [2.45, 2.75) is 25.4 Å². The van der Waals surface area contributed by atoms with Crippen LogP contribution in [0.15, 0.2) is 40.9 Å². The third-order valence-corrected chi connectivity index (χ3v) is 5.59. The number of nitrogens with zero attached hydrogens (tertiary/aromatic N) is 3. The van der Waals surface area contributed by atoms with Crippen LogP contribution in [0.1, 0.15) is 30.3 Å². The second kappa shape index (κ2) is 9.26. The molecule has 2 heterocycles. The van der Waals surface area contributed by atoms with Gasteiger partial charge in [0.05, 0.1) is 40.5 Å². The number of hydrogen-bond donors (Lipinski definition) is 0. The molecular formula is C23H27N3O5. The molecule has 0 spiro atoms. The summed E-state index contributed by atoms with van der Waals surface area (Å²) in [6.45, 7) is 1.55. The predicted octanol–water partition coefficient (Wildman–Crippen LogP) is 4.11. The van der Waals surface area contributed by atoms with Gasteiger partial charge in [0.25, 0.3) is 0 Å². The highest BCUT2D eigenvalue weighted by atomic mass is 16.5. The van der Waals surface area contributed by atoms with E-state index in [2.05, 4.69) is 27.2 Å². The molecule has 4 rings (SSSR count). The monoisotopic (exact) mass is 425 g/mol. The predicted molar refractivity (Wildman–Crippen MR) is 115 cm³/mol. The molecule has 0 radical (unpaired) electrons. The van der Waals surface area contributed by atoms with E-state index in [1.807, 2.05) is 18.2 Å². The van der Waals surface area contributed by atoms with Gasteiger partial charge >= 0.3 is 0 Å². The van der Waals surface area contributed by atoms with Crippen molar-refractivity contribution in [3.63, 3.8) is 0 Å². The van der Waals surface area contributed by atoms with Crippen LogP contribution in [0.5, 0.6) is 23.0 Å². The van der Waals surface area contributed by atoms with Gasteiger partial charge in [-0.3, -0.25) is 4.90 Å². The minimum atomic E-state index is 0.293. The quantitative estimate of drug-likeness (QED) is 0.534. The lowest BCUT2D eigenvalue weighted by molar-refractivity contribution is 0.212. The Balaban J connectivity index is 1.57. The molecule has 3 aromatic rings. The van der Waals surface area contributed by atoms with Gasteiger partial charge in [-0.2, -0.15) is 4.98 Å². The lowest BCUT2D eigenvalue weighted by Crippen LogP contribution is -2.23. The third-order valence-electron chi connectivity index (χ3n) is 5.59. The van der Waals surface area contributed by atoms with Crippen molar-refractivity contribution in [2.75, 3.05) is 35.0 Å². The van der Waals surface area contributed by atoms with Crippen LogP contribution in [0, 0.1) is 0 Å². The first-order valence-corrected chi connectivity index (χ1v) is 10.2. The van der Waals surface area contributed by atoms with Crippen molar-refractivity contribution in [1.82, 2.24) is 15.0 Å². The van der Waals surface area contributed by atoms with Gasteiger partial charge in [0.15, 0.2) is 11.5 Å². The molecule has 0 saturated carbocycles. The molecule has 0 N–H and O–H groups in total. The van der Waals surface area contributed by atoms with Crippen molar-refractivity contribution in [3.05, 3.63) is 47.9 Å². The zero-order valence-electron chi connectivity index (χ0n) is 18.3. The van der Waals surface area contributed by atoms with E-state index in [1.165, 1.54) is 5.56 Å². The molecule has 1 aliphatic heterocycles. The van der Waals surface area contributed by atoms with E-state index in [0.717, 1.165) is 25.1 Å². The third kappa shape index (κ3) is 4.16. The molecule has 8 heteroatoms. The Morgan fingerprint density at radius 3 is 2.58 bits per heavy atom. The van der Waals surface area contributed by atoms with Gasteiger partial charge in [0.1, 0.15) is 5.75 Å². The fourth-order valence-electron chi connectivity index (χ4n) is 4.12. The van der Waals surface area contributed by atoms with E-state index in [1.54, 1.807) is 34.5 Å². The zero-order chi connectivity index (χ0) is 21.8. The normalized spacial score (nSPS) is 16.3. The standard InChI is InChI=1S/C23H27N3O5/c1-27-16-8-5-7-15(13-16)18-9-6-12-26(18)14-20-24-23(25-31-20)17-10-11-19(28-2)22(30-4)21(17)29-3/h5,7-8,10-11,13,18H,6,9,12,14H2,1-4H3. The first-order valence-electron chi connectivity index (χ1n) is 10.2. The van der Waals surface area contributed by atoms with E-state index >= 15 is 0 Å². The van der Waals surface area contributed by atoms with Crippen LogP contribution in [-0.2, 0) is 6.54 Å². The Morgan fingerprint density at radius 2 is 1.84 bits per heavy atom. The van der Waals surface area contributed by atoms with E-state index in [0.29, 0.717) is 47.1 Å². The highest BCUT2D eigenvalue weighted by Crippen LogP contribution is 2.43. The van der Waals surface area contributed by atoms with Gasteiger partial charge in [-0.15, -0.1) is 0 Å². The van der Waals surface area contributed by atoms with Gasteiger partial charge in [-0.1, -0.05) is 17.3 Å². The van der Waals surface area contributed by atoms with E-state index in [4.69, 9.17) is 23.5 Å². The number of methoxy groups -OCH3 is 4. The fraction of sp³-hybridized carbons (Fsp3) is 0.391. The molecule has 0 aliphatic carbocycles. The Labute approximate surface area is 181 Å². The Morgan fingerprint density at radius 1 is 1.00 bits per heavy atom. The van der Waals surface area contributed by atoms with Gasteiger partial charge in [0.2, 0.25) is 17.5 Å². The maximum atomic E-state index is 5.58. The number of benzene rings is 2. The number of hydrogen-bond acceptors (Lipinski definition) is 8. The number of aromatic nitrogens is 2. The van der Waals surface area contributed by atoms with Crippen molar-refractivity contribution in [3.8, 4) is 34.4 Å². The van der Waals surface area contributed by atoms with Crippen molar-refractivity contribution in [2.24, 2.45) is 0 Å². The SMILES string of the molecule is COc1cccc(C2CCCN2Cc2nc(-c3ccc(OC)c(OC)c3OC)no2)c1. The summed E-state index contributed by atoms with van der Waals surface area (Å²) in [4.78, 5) is 6.98. The molecule has 1 unspecified atom stereocenters. The van der Waals surface area contributed by atoms with Crippen LogP contribution < -0.4 is 18.9 Å². The van der Waals surface area contributed by atoms with Crippen LogP contribution in [-0.4, -0.2) is 50.0 Å². The topological polar surface area (TPSA) is 79.1 Å². The van der Waals surface area contributed by atoms with Gasteiger partial charge in [-0.25, -0.2) is 0 Å². The maximum absolute atomic E-state index is 5.58. The number of ether oxygens (including phenoxy) is 4. The molecule has 8 nitrogen and oxygen atoms in total. The van der Waals surface area contributed by atoms with Crippen molar-refractivity contribution >= 4 is 0 Å². The van der Waals surface area contributed by atoms with Crippen LogP contribution >= 0.6 is 0 Å². The van der Waals surface area contributed by atoms with Crippen LogP contribution in [0.25, 0.3) is 11.4 Å². The van der Waals surface area contributed by atoms with Gasteiger partial charge < -0.3 is 23.5 Å². The summed E-state index contributed by atoms with van der Waals surface area (Å²) in [5.74, 6) is 3.44. The lowest BCUT2D eigenvalue weighted by Gasteiger charge is -2.23. The fourth-order valence-corrected chi connectivity index (χ4v) is 4.12. The average Bonchev–Trinajstić information content (AvgIpc) is 3.47. The summed E-state index contributed by atoms with van der Waals surface area (Å²) in [5.41, 5.74) is 1.92. The summed E-state index contributed by atoms with van der Waals surface area (Å²) < 4.78 is 27.3. The Bertz CT molecular complexity index is 1040. The number of rotatable bonds is 8. The van der Waals surface area contributed by atoms with Crippen LogP contribution in [0.3, 0.4) is 0 Å². The van der Waals surface area contributed by atoms with Gasteiger partial charge in [0, 0.05) is 6.04 Å². The molecule has 31 heavy (non-hydrogen) atoms. The Hall–Kier alpha value is -3.26. The minimum absolute atomic E-state index is 0.293. The molecule has 2 aromatic carbocycles. The summed E-state index contributed by atoms with van der Waals surface area (Å²) in [5, 5.41) is 4.18. The summed E-state index contributed by atoms with van der Waals surface area (Å²) in [7, 11) is 6.41. The highest BCUT2D eigenvalue weighted by molar-refractivity contribution is 5.72. The first kappa shape index (κ1) is 21.0. The molecule has 164 valence electrons. The summed E-state index contributed by atoms with van der Waals surface area (Å²) in [6.07, 6.45) is 2.20. The minimum Gasteiger partial charge on any atom is -0.497 e. The smallest absolute Gasteiger partial charge is 0.241 e. The molecular weight excluding hydrogens is 398 g/mol. The molecule has 1 atom stereocenters. The summed E-state index contributed by atoms with van der Waals surface area (Å²) >= 11 is 0. The maximum Gasteiger partial charge on any atom is 0.241 e. The summed E-state index contributed by atoms with van der Waals surface area (Å²) in [6, 6.07) is 12.1. The molecule has 1 aromatic heterocycles. The highest BCUT2D eigenvalue weighted by Gasteiger charge is 2.28. The van der Waals surface area contributed by atoms with Crippen molar-refractivity contribution < 1.29 is 23.5 Å². The second-order valence-corrected chi connectivity index (χ2v) is 7.30. The van der Waals surface area contributed by atoms with E-state index in [9.17, 15) is 0 Å². The molecule has 1 aliphatic rings. The largest absolute Gasteiger partial charge is 0.497 e. The van der Waals surface area contributed by atoms with E-state index < -0.39 is 0 Å².